The summed E-state index contributed by atoms with van der Waals surface area (Å²) in [6.45, 7) is 0.650. The number of carbonyl (C=O) groups excluding carboxylic acids is 1. The van der Waals surface area contributed by atoms with Gasteiger partial charge in [-0.25, -0.2) is 4.39 Å². The molecule has 1 amide bonds. The first kappa shape index (κ1) is 16.1. The highest BCUT2D eigenvalue weighted by atomic mass is 35.5. The van der Waals surface area contributed by atoms with Crippen LogP contribution in [0.4, 0.5) is 4.39 Å². The maximum absolute atomic E-state index is 14.2. The van der Waals surface area contributed by atoms with Crippen molar-refractivity contribution in [3.05, 3.63) is 58.6 Å². The summed E-state index contributed by atoms with van der Waals surface area (Å²) < 4.78 is 16.2. The van der Waals surface area contributed by atoms with E-state index in [1.165, 1.54) is 12.1 Å². The molecule has 3 nitrogen and oxygen atoms in total. The molecule has 0 N–H and O–H groups in total. The van der Waals surface area contributed by atoms with Crippen LogP contribution in [0.15, 0.2) is 36.5 Å². The van der Waals surface area contributed by atoms with Crippen molar-refractivity contribution in [2.45, 2.75) is 31.7 Å². The smallest absolute Gasteiger partial charge is 0.257 e. The lowest BCUT2D eigenvalue weighted by Crippen LogP contribution is -2.36. The fourth-order valence-corrected chi connectivity index (χ4v) is 3.46. The Bertz CT molecular complexity index is 713. The number of hydrogen-bond donors (Lipinski definition) is 0. The van der Waals surface area contributed by atoms with Crippen molar-refractivity contribution in [1.29, 1.82) is 0 Å². The van der Waals surface area contributed by atoms with Gasteiger partial charge in [0, 0.05) is 30.5 Å². The summed E-state index contributed by atoms with van der Waals surface area (Å²) in [7, 11) is 1.98. The molecule has 1 saturated heterocycles. The molecule has 0 radical (unpaired) electrons. The molecule has 1 aliphatic rings. The lowest BCUT2D eigenvalue weighted by Gasteiger charge is -2.31. The maximum atomic E-state index is 14.2. The molecule has 5 heteroatoms. The third kappa shape index (κ3) is 3.27. The Morgan fingerprint density at radius 2 is 2.09 bits per heavy atom. The summed E-state index contributed by atoms with van der Waals surface area (Å²) in [6.07, 6.45) is 5.99. The van der Waals surface area contributed by atoms with Crippen molar-refractivity contribution < 1.29 is 9.18 Å². The molecule has 0 unspecified atom stereocenters. The standard InChI is InChI=1S/C18H20ClFN2O/c1-21-10-5-7-16(21)17-6-3-2-4-11-22(17)18(23)14-9-8-13(19)12-15(14)20/h5,7-10,12,17H,2-4,6,11H2,1H3/t17-/m1/s1. The number of aryl methyl sites for hydroxylation is 1. The zero-order chi connectivity index (χ0) is 16.4. The Balaban J connectivity index is 1.96. The van der Waals surface area contributed by atoms with Gasteiger partial charge < -0.3 is 9.47 Å². The minimum atomic E-state index is -0.558. The largest absolute Gasteiger partial charge is 0.353 e. The number of likely N-dealkylation sites (tertiary alicyclic amines) is 1. The molecule has 0 aliphatic carbocycles. The summed E-state index contributed by atoms with van der Waals surface area (Å²) >= 11 is 5.80. The highest BCUT2D eigenvalue weighted by Crippen LogP contribution is 2.32. The van der Waals surface area contributed by atoms with Crippen LogP contribution in [-0.2, 0) is 7.05 Å². The molecule has 2 heterocycles. The summed E-state index contributed by atoms with van der Waals surface area (Å²) in [4.78, 5) is 14.7. The molecule has 2 aromatic rings. The number of halogens is 2. The quantitative estimate of drug-likeness (QED) is 0.789. The lowest BCUT2D eigenvalue weighted by molar-refractivity contribution is 0.0669. The van der Waals surface area contributed by atoms with Crippen LogP contribution in [0.25, 0.3) is 0 Å². The van der Waals surface area contributed by atoms with E-state index in [0.29, 0.717) is 11.6 Å². The summed E-state index contributed by atoms with van der Waals surface area (Å²) in [6, 6.07) is 8.24. The average Bonchev–Trinajstić information content (AvgIpc) is 2.80. The Kier molecular flexibility index (Phi) is 4.71. The highest BCUT2D eigenvalue weighted by Gasteiger charge is 2.30. The van der Waals surface area contributed by atoms with Gasteiger partial charge in [-0.3, -0.25) is 4.79 Å². The van der Waals surface area contributed by atoms with E-state index in [2.05, 4.69) is 0 Å². The van der Waals surface area contributed by atoms with Crippen molar-refractivity contribution in [2.75, 3.05) is 6.54 Å². The van der Waals surface area contributed by atoms with Crippen LogP contribution in [0.5, 0.6) is 0 Å². The minimum absolute atomic E-state index is 0.0138. The van der Waals surface area contributed by atoms with Gasteiger partial charge in [0.1, 0.15) is 5.82 Å². The van der Waals surface area contributed by atoms with Crippen LogP contribution in [0.3, 0.4) is 0 Å². The predicted molar refractivity (Wildman–Crippen MR) is 89.1 cm³/mol. The molecule has 3 rings (SSSR count). The summed E-state index contributed by atoms with van der Waals surface area (Å²) in [5.41, 5.74) is 1.19. The molecule has 0 saturated carbocycles. The van der Waals surface area contributed by atoms with E-state index < -0.39 is 5.82 Å². The zero-order valence-corrected chi connectivity index (χ0v) is 13.9. The molecule has 1 aliphatic heterocycles. The molecular weight excluding hydrogens is 315 g/mol. The number of nitrogens with zero attached hydrogens (tertiary/aromatic N) is 2. The Labute approximate surface area is 140 Å². The van der Waals surface area contributed by atoms with E-state index in [9.17, 15) is 9.18 Å². The van der Waals surface area contributed by atoms with Gasteiger partial charge in [-0.05, 0) is 43.2 Å². The Morgan fingerprint density at radius 3 is 2.78 bits per heavy atom. The van der Waals surface area contributed by atoms with Crippen LogP contribution in [-0.4, -0.2) is 21.9 Å². The van der Waals surface area contributed by atoms with E-state index in [4.69, 9.17) is 11.6 Å². The first-order valence-corrected chi connectivity index (χ1v) is 8.33. The molecule has 1 fully saturated rings. The van der Waals surface area contributed by atoms with E-state index in [1.54, 1.807) is 6.07 Å². The van der Waals surface area contributed by atoms with E-state index >= 15 is 0 Å². The topological polar surface area (TPSA) is 25.2 Å². The van der Waals surface area contributed by atoms with E-state index in [1.807, 2.05) is 34.8 Å². The van der Waals surface area contributed by atoms with Gasteiger partial charge in [0.25, 0.3) is 5.91 Å². The second-order valence-corrected chi connectivity index (χ2v) is 6.47. The third-order valence-electron chi connectivity index (χ3n) is 4.50. The fourth-order valence-electron chi connectivity index (χ4n) is 3.30. The van der Waals surface area contributed by atoms with Crippen LogP contribution in [0.2, 0.25) is 5.02 Å². The molecule has 122 valence electrons. The van der Waals surface area contributed by atoms with Crippen LogP contribution in [0, 0.1) is 5.82 Å². The molecule has 0 bridgehead atoms. The van der Waals surface area contributed by atoms with Crippen LogP contribution in [0.1, 0.15) is 47.8 Å². The second-order valence-electron chi connectivity index (χ2n) is 6.03. The van der Waals surface area contributed by atoms with Crippen molar-refractivity contribution in [1.82, 2.24) is 9.47 Å². The third-order valence-corrected chi connectivity index (χ3v) is 4.74. The van der Waals surface area contributed by atoms with Crippen LogP contribution < -0.4 is 0 Å². The monoisotopic (exact) mass is 334 g/mol. The average molecular weight is 335 g/mol. The SMILES string of the molecule is Cn1cccc1[C@H]1CCCCCN1C(=O)c1ccc(Cl)cc1F. The van der Waals surface area contributed by atoms with Crippen molar-refractivity contribution >= 4 is 17.5 Å². The number of benzene rings is 1. The molecule has 1 aromatic heterocycles. The Hall–Kier alpha value is -1.81. The highest BCUT2D eigenvalue weighted by molar-refractivity contribution is 6.30. The van der Waals surface area contributed by atoms with Gasteiger partial charge in [-0.1, -0.05) is 24.4 Å². The number of aromatic nitrogens is 1. The number of amides is 1. The van der Waals surface area contributed by atoms with Gasteiger partial charge in [0.2, 0.25) is 0 Å². The summed E-state index contributed by atoms with van der Waals surface area (Å²) in [5, 5.41) is 0.300. The van der Waals surface area contributed by atoms with Crippen molar-refractivity contribution in [3.8, 4) is 0 Å². The van der Waals surface area contributed by atoms with Crippen molar-refractivity contribution in [2.24, 2.45) is 7.05 Å². The first-order valence-electron chi connectivity index (χ1n) is 7.95. The molecule has 23 heavy (non-hydrogen) atoms. The molecule has 0 spiro atoms. The summed E-state index contributed by atoms with van der Waals surface area (Å²) in [5.74, 6) is -0.815. The normalized spacial score (nSPS) is 18.7. The van der Waals surface area contributed by atoms with Crippen LogP contribution >= 0.6 is 11.6 Å². The number of rotatable bonds is 2. The van der Waals surface area contributed by atoms with Gasteiger partial charge in [0.15, 0.2) is 0 Å². The number of hydrogen-bond acceptors (Lipinski definition) is 1. The van der Waals surface area contributed by atoms with Gasteiger partial charge in [-0.15, -0.1) is 0 Å². The zero-order valence-electron chi connectivity index (χ0n) is 13.1. The fraction of sp³-hybridized carbons (Fsp3) is 0.389. The van der Waals surface area contributed by atoms with Gasteiger partial charge in [-0.2, -0.15) is 0 Å². The Morgan fingerprint density at radius 1 is 1.26 bits per heavy atom. The maximum Gasteiger partial charge on any atom is 0.257 e. The van der Waals surface area contributed by atoms with Gasteiger partial charge in [0.05, 0.1) is 11.6 Å². The second kappa shape index (κ2) is 6.75. The molecular formula is C18H20ClFN2O. The van der Waals surface area contributed by atoms with E-state index in [-0.39, 0.29) is 17.5 Å². The minimum Gasteiger partial charge on any atom is -0.353 e. The lowest BCUT2D eigenvalue weighted by atomic mass is 10.1. The van der Waals surface area contributed by atoms with E-state index in [0.717, 1.165) is 31.4 Å². The predicted octanol–water partition coefficient (Wildman–Crippen LogP) is 4.58. The van der Waals surface area contributed by atoms with Gasteiger partial charge >= 0.3 is 0 Å². The molecule has 1 atom stereocenters. The number of carbonyl (C=O) groups is 1. The molecule has 1 aromatic carbocycles. The first-order chi connectivity index (χ1) is 11.1. The van der Waals surface area contributed by atoms with Crippen molar-refractivity contribution in [3.63, 3.8) is 0 Å².